The van der Waals surface area contributed by atoms with E-state index in [9.17, 15) is 9.59 Å². The van der Waals surface area contributed by atoms with Gasteiger partial charge in [-0.25, -0.2) is 0 Å². The van der Waals surface area contributed by atoms with Crippen LogP contribution in [-0.4, -0.2) is 47.0 Å². The highest BCUT2D eigenvalue weighted by atomic mass is 16.5. The van der Waals surface area contributed by atoms with Crippen molar-refractivity contribution in [2.75, 3.05) is 14.1 Å². The Morgan fingerprint density at radius 1 is 1.13 bits per heavy atom. The number of hydrogen-bond donors (Lipinski definition) is 1. The predicted octanol–water partition coefficient (Wildman–Crippen LogP) is 3.77. The van der Waals surface area contributed by atoms with Crippen LogP contribution in [-0.2, 0) is 9.59 Å². The van der Waals surface area contributed by atoms with Gasteiger partial charge in [0.1, 0.15) is 0 Å². The number of carbonyl (C=O) groups excluding carboxylic acids is 2. The van der Waals surface area contributed by atoms with Gasteiger partial charge in [0.2, 0.25) is 23.5 Å². The normalized spacial score (nSPS) is 23.7. The minimum atomic E-state index is -0.172. The molecule has 2 saturated carbocycles. The minimum absolute atomic E-state index is 0.0580. The molecule has 0 aliphatic heterocycles. The summed E-state index contributed by atoms with van der Waals surface area (Å²) in [7, 11) is 3.54. The molecule has 2 aliphatic rings. The lowest BCUT2D eigenvalue weighted by molar-refractivity contribution is -0.133. The van der Waals surface area contributed by atoms with Gasteiger partial charge < -0.3 is 14.7 Å². The van der Waals surface area contributed by atoms with E-state index in [1.807, 2.05) is 30.3 Å². The van der Waals surface area contributed by atoms with Crippen molar-refractivity contribution in [2.24, 2.45) is 11.8 Å². The zero-order valence-electron chi connectivity index (χ0n) is 18.4. The number of nitrogens with zero attached hydrogens (tertiary/aromatic N) is 3. The fourth-order valence-corrected chi connectivity index (χ4v) is 5.04. The first-order valence-corrected chi connectivity index (χ1v) is 11.4. The smallest absolute Gasteiger partial charge is 0.232 e. The summed E-state index contributed by atoms with van der Waals surface area (Å²) in [6, 6.07) is 9.50. The summed E-state index contributed by atoms with van der Waals surface area (Å²) in [6.45, 7) is 0. The molecule has 1 N–H and O–H groups in total. The third kappa shape index (κ3) is 5.14. The maximum Gasteiger partial charge on any atom is 0.232 e. The van der Waals surface area contributed by atoms with Gasteiger partial charge in [-0.1, -0.05) is 61.2 Å². The van der Waals surface area contributed by atoms with E-state index in [0.29, 0.717) is 36.9 Å². The Morgan fingerprint density at radius 2 is 1.87 bits per heavy atom. The molecule has 7 heteroatoms. The monoisotopic (exact) mass is 424 g/mol. The van der Waals surface area contributed by atoms with E-state index in [-0.39, 0.29) is 29.7 Å². The summed E-state index contributed by atoms with van der Waals surface area (Å²) in [5, 5.41) is 7.33. The van der Waals surface area contributed by atoms with Crippen molar-refractivity contribution in [1.29, 1.82) is 0 Å². The Hall–Kier alpha value is -2.70. The first kappa shape index (κ1) is 21.5. The first-order chi connectivity index (χ1) is 15.0. The van der Waals surface area contributed by atoms with Crippen molar-refractivity contribution in [3.8, 4) is 11.4 Å². The molecule has 1 heterocycles. The fourth-order valence-electron chi connectivity index (χ4n) is 5.04. The zero-order chi connectivity index (χ0) is 21.8. The van der Waals surface area contributed by atoms with Crippen LogP contribution in [0.2, 0.25) is 0 Å². The van der Waals surface area contributed by atoms with Gasteiger partial charge in [-0.05, 0) is 25.2 Å². The van der Waals surface area contributed by atoms with Crippen LogP contribution in [0.4, 0.5) is 0 Å². The molecule has 2 fully saturated rings. The molecule has 7 nitrogen and oxygen atoms in total. The topological polar surface area (TPSA) is 88.3 Å². The number of benzene rings is 1. The van der Waals surface area contributed by atoms with Crippen molar-refractivity contribution >= 4 is 11.8 Å². The molecule has 2 amide bonds. The van der Waals surface area contributed by atoms with E-state index in [1.54, 1.807) is 19.0 Å². The highest BCUT2D eigenvalue weighted by Gasteiger charge is 2.42. The summed E-state index contributed by atoms with van der Waals surface area (Å²) in [4.78, 5) is 31.6. The Labute approximate surface area is 183 Å². The van der Waals surface area contributed by atoms with Crippen LogP contribution < -0.4 is 5.32 Å². The van der Waals surface area contributed by atoms with Crippen molar-refractivity contribution in [2.45, 2.75) is 63.3 Å². The van der Waals surface area contributed by atoms with Gasteiger partial charge in [-0.15, -0.1) is 0 Å². The number of hydrogen-bond acceptors (Lipinski definition) is 5. The standard InChI is InChI=1S/C24H32N4O3/c1-28(2)24(30)18-14-19(23-26-22(27-31-23)17-10-4-3-5-11-17)20(15-18)25-21(29)13-12-16-8-6-7-9-16/h3-5,10-11,16,18-20H,6-9,12-15H2,1-2H3,(H,25,29)/t18-,19-,20+/m1/s1. The third-order valence-corrected chi connectivity index (χ3v) is 6.74. The van der Waals surface area contributed by atoms with Crippen LogP contribution in [0.3, 0.4) is 0 Å². The molecule has 1 aromatic carbocycles. The molecular weight excluding hydrogens is 392 g/mol. The predicted molar refractivity (Wildman–Crippen MR) is 117 cm³/mol. The SMILES string of the molecule is CN(C)C(=O)[C@H]1C[C@H](NC(=O)CCC2CCCC2)[C@H](c2nc(-c3ccccc3)no2)C1. The van der Waals surface area contributed by atoms with E-state index in [4.69, 9.17) is 4.52 Å². The molecule has 2 aromatic rings. The van der Waals surface area contributed by atoms with Crippen LogP contribution in [0, 0.1) is 11.8 Å². The molecule has 166 valence electrons. The van der Waals surface area contributed by atoms with Crippen LogP contribution >= 0.6 is 0 Å². The van der Waals surface area contributed by atoms with Crippen LogP contribution in [0.25, 0.3) is 11.4 Å². The highest BCUT2D eigenvalue weighted by Crippen LogP contribution is 2.39. The molecule has 2 aliphatic carbocycles. The summed E-state index contributed by atoms with van der Waals surface area (Å²) in [6.07, 6.45) is 7.73. The average molecular weight is 425 g/mol. The molecular formula is C24H32N4O3. The lowest BCUT2D eigenvalue weighted by Crippen LogP contribution is -2.37. The Bertz CT molecular complexity index is 889. The van der Waals surface area contributed by atoms with E-state index >= 15 is 0 Å². The Kier molecular flexibility index (Phi) is 6.68. The van der Waals surface area contributed by atoms with Crippen LogP contribution in [0.5, 0.6) is 0 Å². The Balaban J connectivity index is 1.46. The molecule has 1 aromatic heterocycles. The molecule has 0 bridgehead atoms. The van der Waals surface area contributed by atoms with Gasteiger partial charge in [0.25, 0.3) is 0 Å². The molecule has 0 unspecified atom stereocenters. The second-order valence-electron chi connectivity index (χ2n) is 9.19. The number of amides is 2. The molecule has 0 spiro atoms. The fraction of sp³-hybridized carbons (Fsp3) is 0.583. The largest absolute Gasteiger partial charge is 0.353 e. The first-order valence-electron chi connectivity index (χ1n) is 11.4. The maximum absolute atomic E-state index is 12.7. The molecule has 31 heavy (non-hydrogen) atoms. The summed E-state index contributed by atoms with van der Waals surface area (Å²) < 4.78 is 5.61. The zero-order valence-corrected chi connectivity index (χ0v) is 18.4. The molecule has 3 atom stereocenters. The summed E-state index contributed by atoms with van der Waals surface area (Å²) >= 11 is 0. The van der Waals surface area contributed by atoms with E-state index in [1.165, 1.54) is 25.7 Å². The number of carbonyl (C=O) groups is 2. The second kappa shape index (κ2) is 9.62. The van der Waals surface area contributed by atoms with Crippen molar-refractivity contribution < 1.29 is 14.1 Å². The van der Waals surface area contributed by atoms with Gasteiger partial charge >= 0.3 is 0 Å². The quantitative estimate of drug-likeness (QED) is 0.731. The van der Waals surface area contributed by atoms with E-state index in [2.05, 4.69) is 15.5 Å². The molecule has 0 saturated heterocycles. The van der Waals surface area contributed by atoms with Crippen molar-refractivity contribution in [3.05, 3.63) is 36.2 Å². The lowest BCUT2D eigenvalue weighted by Gasteiger charge is -2.19. The van der Waals surface area contributed by atoms with E-state index in [0.717, 1.165) is 12.0 Å². The molecule has 0 radical (unpaired) electrons. The van der Waals surface area contributed by atoms with Crippen LogP contribution in [0.1, 0.15) is 63.2 Å². The van der Waals surface area contributed by atoms with Gasteiger partial charge in [0.05, 0.1) is 5.92 Å². The second-order valence-corrected chi connectivity index (χ2v) is 9.19. The highest BCUT2D eigenvalue weighted by molar-refractivity contribution is 5.80. The van der Waals surface area contributed by atoms with Crippen molar-refractivity contribution in [1.82, 2.24) is 20.4 Å². The van der Waals surface area contributed by atoms with Gasteiger partial charge in [-0.3, -0.25) is 9.59 Å². The summed E-state index contributed by atoms with van der Waals surface area (Å²) in [5.41, 5.74) is 0.883. The van der Waals surface area contributed by atoms with Crippen LogP contribution in [0.15, 0.2) is 34.9 Å². The summed E-state index contributed by atoms with van der Waals surface area (Å²) in [5.74, 6) is 1.52. The third-order valence-electron chi connectivity index (χ3n) is 6.74. The number of rotatable bonds is 7. The van der Waals surface area contributed by atoms with Gasteiger partial charge in [0, 0.05) is 38.0 Å². The number of nitrogens with one attached hydrogen (secondary N) is 1. The lowest BCUT2D eigenvalue weighted by atomic mass is 10.0. The van der Waals surface area contributed by atoms with Crippen molar-refractivity contribution in [3.63, 3.8) is 0 Å². The average Bonchev–Trinajstić information content (AvgIpc) is 3.53. The Morgan fingerprint density at radius 3 is 2.58 bits per heavy atom. The number of aromatic nitrogens is 2. The minimum Gasteiger partial charge on any atom is -0.353 e. The maximum atomic E-state index is 12.7. The molecule has 4 rings (SSSR count). The van der Waals surface area contributed by atoms with Gasteiger partial charge in [0.15, 0.2) is 0 Å². The van der Waals surface area contributed by atoms with E-state index < -0.39 is 0 Å². The van der Waals surface area contributed by atoms with Gasteiger partial charge in [-0.2, -0.15) is 4.98 Å².